The first-order valence-corrected chi connectivity index (χ1v) is 5.14. The highest BCUT2D eigenvalue weighted by Crippen LogP contribution is 2.19. The molecular formula is C9H10N4OS. The van der Waals surface area contributed by atoms with Gasteiger partial charge in [0.05, 0.1) is 12.1 Å². The molecule has 0 spiro atoms. The van der Waals surface area contributed by atoms with Gasteiger partial charge in [-0.3, -0.25) is 4.79 Å². The molecule has 5 nitrogen and oxygen atoms in total. The molecule has 1 heterocycles. The molecule has 0 bridgehead atoms. The molecule has 1 aromatic heterocycles. The maximum absolute atomic E-state index is 10.6. The zero-order valence-corrected chi connectivity index (χ0v) is 8.83. The van der Waals surface area contributed by atoms with Gasteiger partial charge in [0.2, 0.25) is 5.91 Å². The van der Waals surface area contributed by atoms with Crippen LogP contribution in [0.25, 0.3) is 0 Å². The van der Waals surface area contributed by atoms with Crippen molar-refractivity contribution in [2.45, 2.75) is 11.6 Å². The number of rotatable bonds is 5. The molecule has 0 radical (unpaired) electrons. The largest absolute Gasteiger partial charge is 0.369 e. The van der Waals surface area contributed by atoms with Crippen molar-refractivity contribution in [3.8, 4) is 6.07 Å². The Kier molecular flexibility index (Phi) is 3.94. The number of carbonyl (C=O) groups is 1. The van der Waals surface area contributed by atoms with Gasteiger partial charge in [-0.05, 0) is 0 Å². The second kappa shape index (κ2) is 5.22. The summed E-state index contributed by atoms with van der Waals surface area (Å²) >= 11 is 1.16. The fourth-order valence-electron chi connectivity index (χ4n) is 0.999. The number of nitrogens with zero attached hydrogens (tertiary/aromatic N) is 3. The predicted octanol–water partition coefficient (Wildman–Crippen LogP) is 0.518. The third kappa shape index (κ3) is 2.86. The number of thioether (sulfide) groups is 1. The van der Waals surface area contributed by atoms with Crippen LogP contribution in [0.2, 0.25) is 0 Å². The van der Waals surface area contributed by atoms with Gasteiger partial charge in [-0.2, -0.15) is 5.26 Å². The fourth-order valence-corrected chi connectivity index (χ4v) is 1.70. The Labute approximate surface area is 91.6 Å². The average molecular weight is 222 g/mol. The zero-order valence-electron chi connectivity index (χ0n) is 8.01. The molecule has 1 rings (SSSR count). The van der Waals surface area contributed by atoms with Gasteiger partial charge in [-0.1, -0.05) is 17.8 Å². The molecule has 0 atom stereocenters. The number of primary amides is 1. The van der Waals surface area contributed by atoms with E-state index in [1.165, 1.54) is 0 Å². The summed E-state index contributed by atoms with van der Waals surface area (Å²) < 4.78 is 1.66. The van der Waals surface area contributed by atoms with Crippen LogP contribution in [-0.4, -0.2) is 21.2 Å². The molecular weight excluding hydrogens is 212 g/mol. The maximum atomic E-state index is 10.6. The van der Waals surface area contributed by atoms with E-state index >= 15 is 0 Å². The molecule has 1 aromatic rings. The third-order valence-electron chi connectivity index (χ3n) is 1.59. The summed E-state index contributed by atoms with van der Waals surface area (Å²) in [7, 11) is 0. The Morgan fingerprint density at radius 3 is 3.13 bits per heavy atom. The average Bonchev–Trinajstić information content (AvgIpc) is 2.58. The van der Waals surface area contributed by atoms with Crippen LogP contribution in [0.1, 0.15) is 5.69 Å². The second-order valence-electron chi connectivity index (χ2n) is 2.71. The second-order valence-corrected chi connectivity index (χ2v) is 3.67. The minimum atomic E-state index is -0.429. The number of nitriles is 1. The molecule has 0 saturated heterocycles. The van der Waals surface area contributed by atoms with Crippen molar-refractivity contribution in [2.75, 3.05) is 5.75 Å². The zero-order chi connectivity index (χ0) is 11.3. The van der Waals surface area contributed by atoms with Crippen molar-refractivity contribution < 1.29 is 4.79 Å². The van der Waals surface area contributed by atoms with E-state index in [0.717, 1.165) is 11.8 Å². The van der Waals surface area contributed by atoms with Crippen molar-refractivity contribution in [3.05, 3.63) is 24.7 Å². The van der Waals surface area contributed by atoms with Crippen LogP contribution < -0.4 is 5.73 Å². The van der Waals surface area contributed by atoms with Crippen LogP contribution in [0, 0.1) is 11.3 Å². The summed E-state index contributed by atoms with van der Waals surface area (Å²) in [5.74, 6) is -0.304. The standard InChI is InChI=1S/C9H10N4OS/c1-2-3-13-6-12-9(7(13)4-10)15-5-8(11)14/h2,6H,1,3,5H2,(H2,11,14). The Morgan fingerprint density at radius 2 is 2.60 bits per heavy atom. The topological polar surface area (TPSA) is 84.7 Å². The van der Waals surface area contributed by atoms with Gasteiger partial charge in [0.1, 0.15) is 11.1 Å². The van der Waals surface area contributed by atoms with E-state index in [-0.39, 0.29) is 5.75 Å². The van der Waals surface area contributed by atoms with Crippen LogP contribution in [0.4, 0.5) is 0 Å². The lowest BCUT2D eigenvalue weighted by Gasteiger charge is -1.98. The summed E-state index contributed by atoms with van der Waals surface area (Å²) in [5.41, 5.74) is 5.44. The highest BCUT2D eigenvalue weighted by molar-refractivity contribution is 7.99. The number of amides is 1. The molecule has 0 fully saturated rings. The van der Waals surface area contributed by atoms with E-state index in [4.69, 9.17) is 11.0 Å². The minimum Gasteiger partial charge on any atom is -0.369 e. The lowest BCUT2D eigenvalue weighted by Crippen LogP contribution is -2.13. The Balaban J connectivity index is 2.85. The number of allylic oxidation sites excluding steroid dienone is 1. The van der Waals surface area contributed by atoms with Gasteiger partial charge >= 0.3 is 0 Å². The number of hydrogen-bond acceptors (Lipinski definition) is 4. The summed E-state index contributed by atoms with van der Waals surface area (Å²) in [6.45, 7) is 4.10. The van der Waals surface area contributed by atoms with E-state index in [0.29, 0.717) is 17.3 Å². The van der Waals surface area contributed by atoms with Crippen LogP contribution in [-0.2, 0) is 11.3 Å². The van der Waals surface area contributed by atoms with Crippen LogP contribution in [0.5, 0.6) is 0 Å². The number of imidazole rings is 1. The van der Waals surface area contributed by atoms with Crippen molar-refractivity contribution >= 4 is 17.7 Å². The van der Waals surface area contributed by atoms with Crippen molar-refractivity contribution in [1.29, 1.82) is 5.26 Å². The molecule has 0 unspecified atom stereocenters. The van der Waals surface area contributed by atoms with E-state index in [2.05, 4.69) is 11.6 Å². The Morgan fingerprint density at radius 1 is 1.87 bits per heavy atom. The van der Waals surface area contributed by atoms with E-state index in [9.17, 15) is 4.79 Å². The SMILES string of the molecule is C=CCn1cnc(SCC(N)=O)c1C#N. The summed E-state index contributed by atoms with van der Waals surface area (Å²) in [6.07, 6.45) is 3.22. The molecule has 0 saturated carbocycles. The summed E-state index contributed by atoms with van der Waals surface area (Å²) in [6, 6.07) is 2.03. The maximum Gasteiger partial charge on any atom is 0.227 e. The monoisotopic (exact) mass is 222 g/mol. The van der Waals surface area contributed by atoms with Crippen LogP contribution in [0.15, 0.2) is 24.0 Å². The first kappa shape index (κ1) is 11.3. The van der Waals surface area contributed by atoms with Crippen molar-refractivity contribution in [2.24, 2.45) is 5.73 Å². The molecule has 15 heavy (non-hydrogen) atoms. The molecule has 0 aromatic carbocycles. The predicted molar refractivity (Wildman–Crippen MR) is 57.1 cm³/mol. The molecule has 2 N–H and O–H groups in total. The molecule has 6 heteroatoms. The summed E-state index contributed by atoms with van der Waals surface area (Å²) in [4.78, 5) is 14.6. The molecule has 0 aliphatic heterocycles. The lowest BCUT2D eigenvalue weighted by molar-refractivity contribution is -0.115. The molecule has 0 aliphatic carbocycles. The molecule has 1 amide bonds. The molecule has 78 valence electrons. The van der Waals surface area contributed by atoms with Gasteiger partial charge in [-0.25, -0.2) is 4.98 Å². The highest BCUT2D eigenvalue weighted by Gasteiger charge is 2.10. The highest BCUT2D eigenvalue weighted by atomic mass is 32.2. The van der Waals surface area contributed by atoms with Crippen molar-refractivity contribution in [3.63, 3.8) is 0 Å². The van der Waals surface area contributed by atoms with Crippen LogP contribution in [0.3, 0.4) is 0 Å². The minimum absolute atomic E-state index is 0.125. The normalized spacial score (nSPS) is 9.53. The van der Waals surface area contributed by atoms with E-state index < -0.39 is 5.91 Å². The Hall–Kier alpha value is -1.74. The number of hydrogen-bond donors (Lipinski definition) is 1. The number of nitrogens with two attached hydrogens (primary N) is 1. The first-order valence-electron chi connectivity index (χ1n) is 4.16. The smallest absolute Gasteiger partial charge is 0.227 e. The van der Waals surface area contributed by atoms with Gasteiger partial charge in [0.25, 0.3) is 0 Å². The van der Waals surface area contributed by atoms with Crippen LogP contribution >= 0.6 is 11.8 Å². The van der Waals surface area contributed by atoms with Crippen molar-refractivity contribution in [1.82, 2.24) is 9.55 Å². The third-order valence-corrected chi connectivity index (χ3v) is 2.59. The van der Waals surface area contributed by atoms with Gasteiger partial charge in [0.15, 0.2) is 5.69 Å². The van der Waals surface area contributed by atoms with E-state index in [1.54, 1.807) is 17.0 Å². The van der Waals surface area contributed by atoms with Gasteiger partial charge < -0.3 is 10.3 Å². The summed E-state index contributed by atoms with van der Waals surface area (Å²) in [5, 5.41) is 9.43. The van der Waals surface area contributed by atoms with Gasteiger partial charge in [0, 0.05) is 6.54 Å². The number of aromatic nitrogens is 2. The van der Waals surface area contributed by atoms with E-state index in [1.807, 2.05) is 6.07 Å². The van der Waals surface area contributed by atoms with Gasteiger partial charge in [-0.15, -0.1) is 6.58 Å². The number of carbonyl (C=O) groups excluding carboxylic acids is 1. The molecule has 0 aliphatic rings. The quantitative estimate of drug-likeness (QED) is 0.581. The Bertz CT molecular complexity index is 418. The lowest BCUT2D eigenvalue weighted by atomic mass is 10.5. The first-order chi connectivity index (χ1) is 7.19. The fraction of sp³-hybridized carbons (Fsp3) is 0.222.